The molecular weight excluding hydrogens is 367 g/mol. The van der Waals surface area contributed by atoms with E-state index in [4.69, 9.17) is 4.74 Å². The number of halogens is 1. The first-order valence-corrected chi connectivity index (χ1v) is 8.06. The number of urea groups is 1. The first kappa shape index (κ1) is 20.4. The molecule has 2 amide bonds. The van der Waals surface area contributed by atoms with E-state index in [1.54, 1.807) is 30.4 Å². The summed E-state index contributed by atoms with van der Waals surface area (Å²) >= 11 is 0. The number of nitrogens with one attached hydrogen (secondary N) is 2. The Morgan fingerprint density at radius 3 is 2.39 bits per heavy atom. The molecule has 0 aliphatic carbocycles. The van der Waals surface area contributed by atoms with Crippen LogP contribution < -0.4 is 15.8 Å². The maximum atomic E-state index is 12.9. The number of hydrogen-bond acceptors (Lipinski definition) is 4. The molecule has 0 bridgehead atoms. The Morgan fingerprint density at radius 1 is 1.21 bits per heavy atom. The van der Waals surface area contributed by atoms with E-state index in [9.17, 15) is 19.1 Å². The van der Waals surface area contributed by atoms with Crippen molar-refractivity contribution in [3.8, 4) is 5.75 Å². The lowest BCUT2D eigenvalue weighted by molar-refractivity contribution is 0.0693. The Balaban J connectivity index is 0.000000500. The van der Waals surface area contributed by atoms with E-state index in [1.807, 2.05) is 0 Å². The number of H-pyrrole nitrogens is 1. The van der Waals surface area contributed by atoms with E-state index < -0.39 is 12.0 Å². The molecule has 0 saturated heterocycles. The van der Waals surface area contributed by atoms with Crippen molar-refractivity contribution >= 4 is 35.1 Å². The second-order valence-corrected chi connectivity index (χ2v) is 5.48. The molecule has 0 fully saturated rings. The molecule has 0 aliphatic rings. The summed E-state index contributed by atoms with van der Waals surface area (Å²) in [7, 11) is 2.89. The fourth-order valence-electron chi connectivity index (χ4n) is 2.36. The second-order valence-electron chi connectivity index (χ2n) is 5.48. The van der Waals surface area contributed by atoms with Crippen molar-refractivity contribution in [1.29, 1.82) is 0 Å². The van der Waals surface area contributed by atoms with Gasteiger partial charge >= 0.3 is 12.0 Å². The van der Waals surface area contributed by atoms with E-state index in [2.05, 4.69) is 21.2 Å². The number of amides is 2. The number of aromatic carboxylic acids is 1. The minimum atomic E-state index is -1.07. The van der Waals surface area contributed by atoms with Crippen LogP contribution in [0.5, 0.6) is 5.75 Å². The molecule has 28 heavy (non-hydrogen) atoms. The predicted molar refractivity (Wildman–Crippen MR) is 104 cm³/mol. The largest absolute Gasteiger partial charge is 0.495 e. The zero-order valence-corrected chi connectivity index (χ0v) is 15.2. The number of ether oxygens (including phenoxy) is 1. The fraction of sp³-hybridized carbons (Fsp3) is 0.105. The maximum absolute atomic E-state index is 12.9. The van der Waals surface area contributed by atoms with Gasteiger partial charge in [0.2, 0.25) is 0 Å². The molecule has 3 rings (SSSR count). The Morgan fingerprint density at radius 2 is 1.86 bits per heavy atom. The first-order valence-electron chi connectivity index (χ1n) is 8.06. The van der Waals surface area contributed by atoms with Gasteiger partial charge in [-0.2, -0.15) is 5.10 Å². The fourth-order valence-corrected chi connectivity index (χ4v) is 2.36. The van der Waals surface area contributed by atoms with Gasteiger partial charge in [0.1, 0.15) is 17.1 Å². The summed E-state index contributed by atoms with van der Waals surface area (Å²) < 4.78 is 18.2. The van der Waals surface area contributed by atoms with Crippen molar-refractivity contribution in [2.24, 2.45) is 5.73 Å². The highest BCUT2D eigenvalue weighted by Gasteiger charge is 2.17. The average molecular weight is 386 g/mol. The number of primary amides is 1. The van der Waals surface area contributed by atoms with Gasteiger partial charge in [-0.1, -0.05) is 18.2 Å². The van der Waals surface area contributed by atoms with Crippen LogP contribution in [-0.2, 0) is 0 Å². The molecule has 3 aromatic rings. The van der Waals surface area contributed by atoms with Gasteiger partial charge in [0.15, 0.2) is 0 Å². The number of carboxylic acids is 1. The molecule has 5 N–H and O–H groups in total. The lowest BCUT2D eigenvalue weighted by Crippen LogP contribution is -2.24. The van der Waals surface area contributed by atoms with Crippen molar-refractivity contribution < 1.29 is 23.8 Å². The van der Waals surface area contributed by atoms with E-state index in [-0.39, 0.29) is 17.1 Å². The number of rotatable bonds is 4. The van der Waals surface area contributed by atoms with Crippen LogP contribution in [0.2, 0.25) is 0 Å². The molecule has 1 heterocycles. The van der Waals surface area contributed by atoms with Crippen LogP contribution in [0.3, 0.4) is 0 Å². The molecule has 8 nitrogen and oxygen atoms in total. The normalized spacial score (nSPS) is 10.4. The number of fused-ring (bicyclic) bond motifs is 1. The van der Waals surface area contributed by atoms with Crippen LogP contribution in [0.15, 0.2) is 36.4 Å². The Hall–Kier alpha value is -3.88. The van der Waals surface area contributed by atoms with E-state index >= 15 is 0 Å². The highest BCUT2D eigenvalue weighted by Crippen LogP contribution is 2.32. The number of methoxy groups -OCH3 is 1. The zero-order chi connectivity index (χ0) is 20.7. The molecule has 0 atom stereocenters. The van der Waals surface area contributed by atoms with Gasteiger partial charge < -0.3 is 20.9 Å². The molecule has 146 valence electrons. The summed E-state index contributed by atoms with van der Waals surface area (Å²) in [5.74, 6) is -1.12. The number of benzene rings is 2. The van der Waals surface area contributed by atoms with Crippen molar-refractivity contribution in [2.75, 3.05) is 14.2 Å². The summed E-state index contributed by atoms with van der Waals surface area (Å²) in [5.41, 5.74) is 6.63. The van der Waals surface area contributed by atoms with Gasteiger partial charge in [0.05, 0.1) is 23.7 Å². The van der Waals surface area contributed by atoms with Crippen LogP contribution in [0.25, 0.3) is 23.1 Å². The summed E-state index contributed by atoms with van der Waals surface area (Å²) in [6.07, 6.45) is 3.49. The number of carbonyl (C=O) groups excluding carboxylic acids is 1. The van der Waals surface area contributed by atoms with Gasteiger partial charge in [-0.15, -0.1) is 0 Å². The van der Waals surface area contributed by atoms with Crippen molar-refractivity contribution in [3.05, 3.63) is 59.0 Å². The van der Waals surface area contributed by atoms with Gasteiger partial charge in [-0.3, -0.25) is 5.10 Å². The number of aromatic nitrogens is 2. The Bertz CT molecular complexity index is 1010. The van der Waals surface area contributed by atoms with Gasteiger partial charge in [0.25, 0.3) is 0 Å². The average Bonchev–Trinajstić information content (AvgIpc) is 3.10. The molecular formula is C19H19FN4O4. The van der Waals surface area contributed by atoms with Crippen LogP contribution >= 0.6 is 0 Å². The minimum absolute atomic E-state index is 0.0674. The quantitative estimate of drug-likeness (QED) is 0.548. The van der Waals surface area contributed by atoms with Crippen molar-refractivity contribution in [1.82, 2.24) is 15.5 Å². The number of aromatic amines is 1. The van der Waals surface area contributed by atoms with Crippen LogP contribution in [0.4, 0.5) is 9.18 Å². The predicted octanol–water partition coefficient (Wildman–Crippen LogP) is 2.86. The highest BCUT2D eigenvalue weighted by atomic mass is 19.1. The highest BCUT2D eigenvalue weighted by molar-refractivity contribution is 6.02. The van der Waals surface area contributed by atoms with Crippen molar-refractivity contribution in [3.63, 3.8) is 0 Å². The number of hydrogen-bond donors (Lipinski definition) is 4. The van der Waals surface area contributed by atoms with Crippen LogP contribution in [-0.4, -0.2) is 41.5 Å². The third-order valence-corrected chi connectivity index (χ3v) is 3.70. The Labute approximate surface area is 159 Å². The third kappa shape index (κ3) is 4.85. The number of carbonyl (C=O) groups is 2. The number of nitrogens with two attached hydrogens (primary N) is 1. The number of nitrogens with zero attached hydrogens (tertiary/aromatic N) is 1. The summed E-state index contributed by atoms with van der Waals surface area (Å²) in [4.78, 5) is 20.8. The first-order chi connectivity index (χ1) is 13.4. The molecule has 0 spiro atoms. The van der Waals surface area contributed by atoms with Crippen LogP contribution in [0, 0.1) is 5.82 Å². The molecule has 0 aliphatic heterocycles. The van der Waals surface area contributed by atoms with Crippen molar-refractivity contribution in [2.45, 2.75) is 0 Å². The zero-order valence-electron chi connectivity index (χ0n) is 15.2. The summed E-state index contributed by atoms with van der Waals surface area (Å²) in [6, 6.07) is 8.63. The number of carboxylic acid groups (broad SMARTS) is 1. The lowest BCUT2D eigenvalue weighted by atomic mass is 10.1. The lowest BCUT2D eigenvalue weighted by Gasteiger charge is -2.06. The molecule has 0 unspecified atom stereocenters. The van der Waals surface area contributed by atoms with Gasteiger partial charge in [0, 0.05) is 7.05 Å². The molecule has 2 aromatic carbocycles. The van der Waals surface area contributed by atoms with Gasteiger partial charge in [-0.25, -0.2) is 14.0 Å². The molecule has 0 radical (unpaired) electrons. The summed E-state index contributed by atoms with van der Waals surface area (Å²) in [5, 5.41) is 19.0. The minimum Gasteiger partial charge on any atom is -0.495 e. The molecule has 1 aromatic heterocycles. The summed E-state index contributed by atoms with van der Waals surface area (Å²) in [6.45, 7) is 0. The van der Waals surface area contributed by atoms with E-state index in [0.29, 0.717) is 16.6 Å². The Kier molecular flexibility index (Phi) is 6.69. The SMILES string of the molecule is CNC(N)=O.COc1c(C(=O)O)ccc2[nH]nc(/C=C/c3ccc(F)cc3)c12. The smallest absolute Gasteiger partial charge is 0.339 e. The monoisotopic (exact) mass is 386 g/mol. The standard InChI is InChI=1S/C17H13FN2O3.C2H6N2O/c1-23-16-12(17(21)22)7-9-14-15(16)13(19-20-14)8-4-10-2-5-11(18)6-3-10;1-4-2(3)5/h2-9H,1H3,(H,19,20)(H,21,22);1H3,(H3,3,4,5)/b8-4+;. The van der Waals surface area contributed by atoms with E-state index in [0.717, 1.165) is 5.56 Å². The topological polar surface area (TPSA) is 130 Å². The maximum Gasteiger partial charge on any atom is 0.339 e. The molecule has 9 heteroatoms. The van der Waals surface area contributed by atoms with Gasteiger partial charge in [-0.05, 0) is 35.9 Å². The second kappa shape index (κ2) is 9.17. The third-order valence-electron chi connectivity index (χ3n) is 3.70. The van der Waals surface area contributed by atoms with E-state index in [1.165, 1.54) is 32.4 Å². The van der Waals surface area contributed by atoms with Crippen LogP contribution in [0.1, 0.15) is 21.6 Å². The molecule has 0 saturated carbocycles.